The molecule has 0 aliphatic carbocycles. The fraction of sp³-hybridized carbons (Fsp3) is 0.333. The van der Waals surface area contributed by atoms with Crippen molar-refractivity contribution in [2.24, 2.45) is 5.73 Å². The summed E-state index contributed by atoms with van der Waals surface area (Å²) >= 11 is 0. The van der Waals surface area contributed by atoms with E-state index in [0.717, 1.165) is 17.7 Å². The van der Waals surface area contributed by atoms with Crippen LogP contribution in [0.25, 0.3) is 11.3 Å². The van der Waals surface area contributed by atoms with Gasteiger partial charge in [-0.3, -0.25) is 4.79 Å². The first kappa shape index (κ1) is 14.3. The number of aromatic amines is 1. The minimum Gasteiger partial charge on any atom is -0.494 e. The van der Waals surface area contributed by atoms with Crippen LogP contribution in [0.15, 0.2) is 35.1 Å². The molecule has 1 atom stereocenters. The van der Waals surface area contributed by atoms with Gasteiger partial charge in [0.1, 0.15) is 5.75 Å². The minimum atomic E-state index is -0.333. The molecule has 0 radical (unpaired) electrons. The molecule has 2 aromatic rings. The van der Waals surface area contributed by atoms with E-state index in [4.69, 9.17) is 10.5 Å². The molecular formula is C15H19N3O2. The molecule has 0 saturated carbocycles. The van der Waals surface area contributed by atoms with Crippen LogP contribution in [0.2, 0.25) is 0 Å². The predicted molar refractivity (Wildman–Crippen MR) is 78.7 cm³/mol. The van der Waals surface area contributed by atoms with Crippen molar-refractivity contribution < 1.29 is 4.74 Å². The Labute approximate surface area is 117 Å². The number of H-pyrrole nitrogens is 1. The van der Waals surface area contributed by atoms with Crippen LogP contribution in [0.3, 0.4) is 0 Å². The van der Waals surface area contributed by atoms with Crippen molar-refractivity contribution in [1.82, 2.24) is 10.2 Å². The van der Waals surface area contributed by atoms with Crippen LogP contribution >= 0.6 is 0 Å². The van der Waals surface area contributed by atoms with Gasteiger partial charge >= 0.3 is 0 Å². The number of benzene rings is 1. The van der Waals surface area contributed by atoms with Gasteiger partial charge in [0, 0.05) is 17.2 Å². The molecule has 1 aromatic heterocycles. The zero-order chi connectivity index (χ0) is 14.5. The number of nitrogens with two attached hydrogens (primary N) is 1. The smallest absolute Gasteiger partial charge is 0.268 e. The van der Waals surface area contributed by atoms with E-state index in [9.17, 15) is 4.79 Å². The Bertz CT molecular complexity index is 635. The Morgan fingerprint density at radius 2 is 2.20 bits per heavy atom. The third kappa shape index (κ3) is 3.24. The van der Waals surface area contributed by atoms with Gasteiger partial charge in [0.25, 0.3) is 5.56 Å². The van der Waals surface area contributed by atoms with Crippen LogP contribution in [-0.4, -0.2) is 16.8 Å². The van der Waals surface area contributed by atoms with Gasteiger partial charge in [-0.15, -0.1) is 0 Å². The number of hydrogen-bond acceptors (Lipinski definition) is 4. The summed E-state index contributed by atoms with van der Waals surface area (Å²) in [5, 5.41) is 6.55. The van der Waals surface area contributed by atoms with Gasteiger partial charge in [0.05, 0.1) is 12.3 Å². The number of nitrogens with one attached hydrogen (secondary N) is 1. The molecule has 1 aromatic carbocycles. The molecule has 5 nitrogen and oxygen atoms in total. The van der Waals surface area contributed by atoms with Crippen molar-refractivity contribution >= 4 is 0 Å². The molecule has 0 fully saturated rings. The summed E-state index contributed by atoms with van der Waals surface area (Å²) in [6.07, 6.45) is 0.954. The van der Waals surface area contributed by atoms with Crippen LogP contribution in [0.5, 0.6) is 5.75 Å². The van der Waals surface area contributed by atoms with Crippen molar-refractivity contribution in [3.8, 4) is 17.0 Å². The fourth-order valence-electron chi connectivity index (χ4n) is 1.87. The van der Waals surface area contributed by atoms with E-state index in [1.807, 2.05) is 24.3 Å². The number of ether oxygens (including phenoxy) is 1. The molecule has 0 spiro atoms. The number of hydrogen-bond donors (Lipinski definition) is 2. The zero-order valence-electron chi connectivity index (χ0n) is 11.7. The summed E-state index contributed by atoms with van der Waals surface area (Å²) in [6, 6.07) is 9.02. The molecule has 3 N–H and O–H groups in total. The van der Waals surface area contributed by atoms with Crippen LogP contribution in [0.1, 0.15) is 31.9 Å². The van der Waals surface area contributed by atoms with Crippen molar-refractivity contribution in [2.45, 2.75) is 26.3 Å². The lowest BCUT2D eigenvalue weighted by Gasteiger charge is -2.08. The second-order valence-corrected chi connectivity index (χ2v) is 4.70. The van der Waals surface area contributed by atoms with Crippen molar-refractivity contribution in [2.75, 3.05) is 6.61 Å². The first-order valence-corrected chi connectivity index (χ1v) is 6.70. The Hall–Kier alpha value is -2.14. The SMILES string of the molecule is CCCOc1cccc(-c2cc(C(C)N)c(=O)[nH]n2)c1. The summed E-state index contributed by atoms with van der Waals surface area (Å²) in [5.74, 6) is 0.791. The first-order valence-electron chi connectivity index (χ1n) is 6.70. The molecule has 20 heavy (non-hydrogen) atoms. The Morgan fingerprint density at radius 3 is 2.90 bits per heavy atom. The van der Waals surface area contributed by atoms with Crippen molar-refractivity contribution in [3.05, 3.63) is 46.2 Å². The summed E-state index contributed by atoms with van der Waals surface area (Å²) < 4.78 is 5.59. The van der Waals surface area contributed by atoms with E-state index < -0.39 is 0 Å². The first-order chi connectivity index (χ1) is 9.61. The largest absolute Gasteiger partial charge is 0.494 e. The van der Waals surface area contributed by atoms with Gasteiger partial charge in [-0.25, -0.2) is 5.10 Å². The Morgan fingerprint density at radius 1 is 1.40 bits per heavy atom. The lowest BCUT2D eigenvalue weighted by atomic mass is 10.1. The van der Waals surface area contributed by atoms with E-state index in [1.54, 1.807) is 13.0 Å². The maximum Gasteiger partial charge on any atom is 0.268 e. The van der Waals surface area contributed by atoms with E-state index >= 15 is 0 Å². The average molecular weight is 273 g/mol. The van der Waals surface area contributed by atoms with E-state index in [0.29, 0.717) is 17.9 Å². The third-order valence-corrected chi connectivity index (χ3v) is 2.93. The van der Waals surface area contributed by atoms with Crippen molar-refractivity contribution in [3.63, 3.8) is 0 Å². The number of rotatable bonds is 5. The monoisotopic (exact) mass is 273 g/mol. The average Bonchev–Trinajstić information content (AvgIpc) is 2.45. The quantitative estimate of drug-likeness (QED) is 0.875. The van der Waals surface area contributed by atoms with Crippen LogP contribution in [-0.2, 0) is 0 Å². The normalized spacial score (nSPS) is 12.2. The van der Waals surface area contributed by atoms with E-state index in [1.165, 1.54) is 0 Å². The molecule has 0 amide bonds. The van der Waals surface area contributed by atoms with Gasteiger partial charge in [-0.2, -0.15) is 5.10 Å². The third-order valence-electron chi connectivity index (χ3n) is 2.93. The van der Waals surface area contributed by atoms with E-state index in [-0.39, 0.29) is 11.6 Å². The number of nitrogens with zero attached hydrogens (tertiary/aromatic N) is 1. The van der Waals surface area contributed by atoms with Gasteiger partial charge in [0.2, 0.25) is 0 Å². The molecule has 2 rings (SSSR count). The lowest BCUT2D eigenvalue weighted by Crippen LogP contribution is -2.20. The summed E-state index contributed by atoms with van der Waals surface area (Å²) in [6.45, 7) is 4.50. The predicted octanol–water partition coefficient (Wildman–Crippen LogP) is 2.25. The van der Waals surface area contributed by atoms with Crippen LogP contribution in [0.4, 0.5) is 0 Å². The molecule has 0 aliphatic heterocycles. The highest BCUT2D eigenvalue weighted by molar-refractivity contribution is 5.61. The summed E-state index contributed by atoms with van der Waals surface area (Å²) in [5.41, 5.74) is 7.63. The Balaban J connectivity index is 2.36. The van der Waals surface area contributed by atoms with Gasteiger partial charge in [0.15, 0.2) is 0 Å². The highest BCUT2D eigenvalue weighted by Crippen LogP contribution is 2.22. The standard InChI is InChI=1S/C15H19N3O2/c1-3-7-20-12-6-4-5-11(8-12)14-9-13(10(2)16)15(19)18-17-14/h4-6,8-10H,3,7,16H2,1-2H3,(H,18,19). The maximum absolute atomic E-state index is 11.6. The van der Waals surface area contributed by atoms with Gasteiger partial charge in [-0.05, 0) is 31.5 Å². The Kier molecular flexibility index (Phi) is 4.53. The topological polar surface area (TPSA) is 81.0 Å². The van der Waals surface area contributed by atoms with Gasteiger partial charge < -0.3 is 10.5 Å². The molecule has 106 valence electrons. The second kappa shape index (κ2) is 6.34. The molecule has 1 heterocycles. The van der Waals surface area contributed by atoms with Crippen LogP contribution < -0.4 is 16.0 Å². The molecule has 1 unspecified atom stereocenters. The molecule has 0 aliphatic rings. The summed E-state index contributed by atoms with van der Waals surface area (Å²) in [7, 11) is 0. The summed E-state index contributed by atoms with van der Waals surface area (Å²) in [4.78, 5) is 11.6. The molecule has 5 heteroatoms. The van der Waals surface area contributed by atoms with Crippen LogP contribution in [0, 0.1) is 0 Å². The molecule has 0 saturated heterocycles. The highest BCUT2D eigenvalue weighted by atomic mass is 16.5. The maximum atomic E-state index is 11.6. The van der Waals surface area contributed by atoms with Crippen molar-refractivity contribution in [1.29, 1.82) is 0 Å². The van der Waals surface area contributed by atoms with Gasteiger partial charge in [-0.1, -0.05) is 19.1 Å². The second-order valence-electron chi connectivity index (χ2n) is 4.70. The lowest BCUT2D eigenvalue weighted by molar-refractivity contribution is 0.317. The minimum absolute atomic E-state index is 0.248. The zero-order valence-corrected chi connectivity index (χ0v) is 11.7. The molecule has 0 bridgehead atoms. The molecular weight excluding hydrogens is 254 g/mol. The van der Waals surface area contributed by atoms with E-state index in [2.05, 4.69) is 17.1 Å². The highest BCUT2D eigenvalue weighted by Gasteiger charge is 2.09. The number of aromatic nitrogens is 2. The fourth-order valence-corrected chi connectivity index (χ4v) is 1.87.